The first-order chi connectivity index (χ1) is 22.1. The second-order valence-corrected chi connectivity index (χ2v) is 12.7. The van der Waals surface area contributed by atoms with Crippen molar-refractivity contribution >= 4 is 40.3 Å². The quantitative estimate of drug-likeness (QED) is 0.112. The summed E-state index contributed by atoms with van der Waals surface area (Å²) in [5, 5.41) is 0. The number of rotatable bonds is 9. The van der Waals surface area contributed by atoms with E-state index in [2.05, 4.69) is 59.0 Å². The van der Waals surface area contributed by atoms with Crippen LogP contribution in [0.4, 0.5) is 10.5 Å². The van der Waals surface area contributed by atoms with Gasteiger partial charge in [0.2, 0.25) is 0 Å². The average molecular weight is 726 g/mol. The molecule has 0 heterocycles. The molecular formula is C39H36INO5. The van der Waals surface area contributed by atoms with Crippen molar-refractivity contribution in [1.29, 1.82) is 0 Å². The van der Waals surface area contributed by atoms with Crippen molar-refractivity contribution in [2.45, 2.75) is 38.9 Å². The van der Waals surface area contributed by atoms with Crippen molar-refractivity contribution < 1.29 is 23.8 Å². The molecule has 7 heteroatoms. The van der Waals surface area contributed by atoms with Crippen LogP contribution in [0.25, 0.3) is 0 Å². The molecule has 2 amide bonds. The van der Waals surface area contributed by atoms with E-state index in [-0.39, 0.29) is 0 Å². The summed E-state index contributed by atoms with van der Waals surface area (Å²) in [7, 11) is 0. The van der Waals surface area contributed by atoms with Crippen LogP contribution in [0.15, 0.2) is 133 Å². The fraction of sp³-hybridized carbons (Fsp3) is 0.179. The lowest BCUT2D eigenvalue weighted by Gasteiger charge is -2.36. The fourth-order valence-corrected chi connectivity index (χ4v) is 5.92. The standard InChI is InChI=1S/C39H36INO5/c1-5-44-33-25-26-35(34(40)27-33)41(37(43)46-38(2,3)4)36(42)28-21-23-32(24-22-28)45-39(29-15-9-6-10-16-29,30-17-11-7-12-18-30)31-19-13-8-14-20-31/h6-27H,5H2,1-4H3. The second-order valence-electron chi connectivity index (χ2n) is 11.6. The Morgan fingerprint density at radius 1 is 0.674 bits per heavy atom. The van der Waals surface area contributed by atoms with Crippen molar-refractivity contribution in [2.75, 3.05) is 11.5 Å². The zero-order valence-electron chi connectivity index (χ0n) is 26.3. The lowest BCUT2D eigenvalue weighted by molar-refractivity contribution is 0.0564. The van der Waals surface area contributed by atoms with Gasteiger partial charge in [-0.2, -0.15) is 0 Å². The number of carbonyl (C=O) groups is 2. The molecule has 0 N–H and O–H groups in total. The van der Waals surface area contributed by atoms with Crippen molar-refractivity contribution in [1.82, 2.24) is 0 Å². The molecule has 0 saturated heterocycles. The first kappa shape index (κ1) is 32.8. The van der Waals surface area contributed by atoms with Crippen LogP contribution >= 0.6 is 22.6 Å². The SMILES string of the molecule is CCOc1ccc(N(C(=O)OC(C)(C)C)C(=O)c2ccc(OC(c3ccccc3)(c3ccccc3)c3ccccc3)cc2)c(I)c1. The molecule has 46 heavy (non-hydrogen) atoms. The molecule has 6 nitrogen and oxygen atoms in total. The highest BCUT2D eigenvalue weighted by Crippen LogP contribution is 2.41. The number of benzene rings is 5. The number of carbonyl (C=O) groups excluding carboxylic acids is 2. The number of amides is 2. The van der Waals surface area contributed by atoms with Gasteiger partial charge in [-0.25, -0.2) is 9.69 Å². The monoisotopic (exact) mass is 725 g/mol. The Morgan fingerprint density at radius 2 is 1.15 bits per heavy atom. The van der Waals surface area contributed by atoms with Gasteiger partial charge in [-0.05, 0) is 92.8 Å². The topological polar surface area (TPSA) is 65.1 Å². The van der Waals surface area contributed by atoms with Crippen molar-refractivity contribution in [3.05, 3.63) is 159 Å². The summed E-state index contributed by atoms with van der Waals surface area (Å²) < 4.78 is 18.9. The second kappa shape index (κ2) is 14.2. The van der Waals surface area contributed by atoms with Crippen LogP contribution in [-0.4, -0.2) is 24.2 Å². The summed E-state index contributed by atoms with van der Waals surface area (Å²) >= 11 is 2.10. The number of imide groups is 1. The summed E-state index contributed by atoms with van der Waals surface area (Å²) in [4.78, 5) is 28.6. The molecule has 5 aromatic rings. The van der Waals surface area contributed by atoms with Gasteiger partial charge in [0.15, 0.2) is 5.60 Å². The first-order valence-corrected chi connectivity index (χ1v) is 16.2. The van der Waals surface area contributed by atoms with Crippen LogP contribution in [0.2, 0.25) is 0 Å². The van der Waals surface area contributed by atoms with Crippen molar-refractivity contribution in [3.8, 4) is 11.5 Å². The van der Waals surface area contributed by atoms with E-state index >= 15 is 0 Å². The summed E-state index contributed by atoms with van der Waals surface area (Å²) in [5.74, 6) is 0.670. The highest BCUT2D eigenvalue weighted by atomic mass is 127. The van der Waals surface area contributed by atoms with Crippen LogP contribution in [0.1, 0.15) is 54.7 Å². The van der Waals surface area contributed by atoms with E-state index < -0.39 is 23.2 Å². The Morgan fingerprint density at radius 3 is 1.59 bits per heavy atom. The van der Waals surface area contributed by atoms with E-state index in [1.54, 1.807) is 63.2 Å². The molecular weight excluding hydrogens is 689 g/mol. The van der Waals surface area contributed by atoms with Crippen LogP contribution in [-0.2, 0) is 10.3 Å². The highest BCUT2D eigenvalue weighted by Gasteiger charge is 2.39. The molecule has 0 aliphatic rings. The zero-order chi connectivity index (χ0) is 32.7. The van der Waals surface area contributed by atoms with Gasteiger partial charge in [0.05, 0.1) is 12.3 Å². The van der Waals surface area contributed by atoms with E-state index in [0.717, 1.165) is 21.6 Å². The Balaban J connectivity index is 1.55. The molecule has 0 spiro atoms. The number of nitrogens with zero attached hydrogens (tertiary/aromatic N) is 1. The molecule has 0 bridgehead atoms. The molecule has 5 aromatic carbocycles. The minimum absolute atomic E-state index is 0.299. The molecule has 0 atom stereocenters. The van der Waals surface area contributed by atoms with Gasteiger partial charge in [0, 0.05) is 25.8 Å². The Bertz CT molecular complexity index is 1670. The van der Waals surface area contributed by atoms with E-state index in [1.807, 2.05) is 61.5 Å². The maximum Gasteiger partial charge on any atom is 0.422 e. The third kappa shape index (κ3) is 7.26. The van der Waals surface area contributed by atoms with Gasteiger partial charge < -0.3 is 14.2 Å². The molecule has 0 aromatic heterocycles. The van der Waals surface area contributed by atoms with E-state index in [1.165, 1.54) is 0 Å². The van der Waals surface area contributed by atoms with Gasteiger partial charge in [0.25, 0.3) is 5.91 Å². The Hall–Kier alpha value is -4.63. The predicted octanol–water partition coefficient (Wildman–Crippen LogP) is 9.64. The van der Waals surface area contributed by atoms with Crippen LogP contribution in [0.5, 0.6) is 11.5 Å². The van der Waals surface area contributed by atoms with E-state index in [4.69, 9.17) is 14.2 Å². The average Bonchev–Trinajstić information content (AvgIpc) is 3.05. The maximum atomic E-state index is 14.0. The highest BCUT2D eigenvalue weighted by molar-refractivity contribution is 14.1. The molecule has 0 saturated carbocycles. The third-order valence-electron chi connectivity index (χ3n) is 7.16. The minimum Gasteiger partial charge on any atom is -0.494 e. The van der Waals surface area contributed by atoms with Crippen LogP contribution in [0.3, 0.4) is 0 Å². The molecule has 0 fully saturated rings. The summed E-state index contributed by atoms with van der Waals surface area (Å²) in [6.45, 7) is 7.69. The predicted molar refractivity (Wildman–Crippen MR) is 190 cm³/mol. The summed E-state index contributed by atoms with van der Waals surface area (Å²) in [6.07, 6.45) is -0.767. The van der Waals surface area contributed by atoms with Gasteiger partial charge in [-0.15, -0.1) is 0 Å². The fourth-order valence-electron chi connectivity index (χ4n) is 5.19. The molecule has 0 radical (unpaired) electrons. The number of anilines is 1. The maximum absolute atomic E-state index is 14.0. The van der Waals surface area contributed by atoms with Crippen LogP contribution in [0, 0.1) is 3.57 Å². The number of hydrogen-bond donors (Lipinski definition) is 0. The normalized spacial score (nSPS) is 11.4. The minimum atomic E-state index is -0.976. The number of ether oxygens (including phenoxy) is 3. The van der Waals surface area contributed by atoms with Crippen molar-refractivity contribution in [3.63, 3.8) is 0 Å². The van der Waals surface area contributed by atoms with Crippen LogP contribution < -0.4 is 14.4 Å². The molecule has 0 unspecified atom stereocenters. The lowest BCUT2D eigenvalue weighted by Crippen LogP contribution is -2.41. The first-order valence-electron chi connectivity index (χ1n) is 15.1. The number of hydrogen-bond acceptors (Lipinski definition) is 5. The third-order valence-corrected chi connectivity index (χ3v) is 8.03. The zero-order valence-corrected chi connectivity index (χ0v) is 28.4. The number of halogens is 1. The summed E-state index contributed by atoms with van der Waals surface area (Å²) in [5.41, 5.74) is 1.78. The lowest BCUT2D eigenvalue weighted by atomic mass is 9.80. The molecule has 234 valence electrons. The van der Waals surface area contributed by atoms with E-state index in [9.17, 15) is 9.59 Å². The van der Waals surface area contributed by atoms with Gasteiger partial charge in [-0.3, -0.25) is 4.79 Å². The van der Waals surface area contributed by atoms with Gasteiger partial charge >= 0.3 is 6.09 Å². The van der Waals surface area contributed by atoms with Gasteiger partial charge in [-0.1, -0.05) is 91.0 Å². The summed E-state index contributed by atoms with van der Waals surface area (Å²) in [6, 6.07) is 42.3. The largest absolute Gasteiger partial charge is 0.494 e. The van der Waals surface area contributed by atoms with Crippen molar-refractivity contribution in [2.24, 2.45) is 0 Å². The molecule has 5 rings (SSSR count). The Labute approximate surface area is 284 Å². The molecule has 0 aliphatic carbocycles. The van der Waals surface area contributed by atoms with E-state index in [0.29, 0.717) is 32.9 Å². The Kier molecular flexibility index (Phi) is 10.1. The smallest absolute Gasteiger partial charge is 0.422 e. The molecule has 0 aliphatic heterocycles. The van der Waals surface area contributed by atoms with Gasteiger partial charge in [0.1, 0.15) is 17.1 Å².